The summed E-state index contributed by atoms with van der Waals surface area (Å²) in [6.45, 7) is 0. The van der Waals surface area contributed by atoms with E-state index in [-0.39, 0.29) is 0 Å². The largest absolute Gasteiger partial charge is 0.456 e. The molecule has 9 rings (SSSR count). The molecule has 3 heterocycles. The van der Waals surface area contributed by atoms with Crippen molar-refractivity contribution >= 4 is 21.9 Å². The van der Waals surface area contributed by atoms with Crippen LogP contribution >= 0.6 is 0 Å². The monoisotopic (exact) mass is 627 g/mol. The van der Waals surface area contributed by atoms with E-state index in [4.69, 9.17) is 14.4 Å². The molecule has 0 bridgehead atoms. The van der Waals surface area contributed by atoms with Crippen LogP contribution < -0.4 is 0 Å². The third-order valence-corrected chi connectivity index (χ3v) is 8.95. The lowest BCUT2D eigenvalue weighted by atomic mass is 9.94. The maximum atomic E-state index is 6.16. The van der Waals surface area contributed by atoms with Crippen LogP contribution in [0.5, 0.6) is 0 Å². The van der Waals surface area contributed by atoms with Gasteiger partial charge >= 0.3 is 0 Å². The van der Waals surface area contributed by atoms with E-state index in [9.17, 15) is 0 Å². The zero-order valence-corrected chi connectivity index (χ0v) is 26.5. The molecule has 0 fully saturated rings. The summed E-state index contributed by atoms with van der Waals surface area (Å²) >= 11 is 0. The van der Waals surface area contributed by atoms with Crippen molar-refractivity contribution in [2.75, 3.05) is 0 Å². The molecule has 49 heavy (non-hydrogen) atoms. The van der Waals surface area contributed by atoms with Gasteiger partial charge in [-0.15, -0.1) is 0 Å². The van der Waals surface area contributed by atoms with Crippen LogP contribution in [0.1, 0.15) is 0 Å². The van der Waals surface area contributed by atoms with Gasteiger partial charge in [-0.05, 0) is 76.9 Å². The number of fused-ring (bicyclic) bond motifs is 3. The molecule has 0 saturated heterocycles. The van der Waals surface area contributed by atoms with Gasteiger partial charge in [0.1, 0.15) is 11.2 Å². The second-order valence-corrected chi connectivity index (χ2v) is 12.1. The molecule has 0 aliphatic carbocycles. The molecule has 0 saturated carbocycles. The van der Waals surface area contributed by atoms with E-state index >= 15 is 0 Å². The van der Waals surface area contributed by atoms with E-state index < -0.39 is 0 Å². The molecule has 0 radical (unpaired) electrons. The highest BCUT2D eigenvalue weighted by Gasteiger charge is 2.17. The molecule has 3 aromatic heterocycles. The van der Waals surface area contributed by atoms with E-state index in [2.05, 4.69) is 108 Å². The van der Waals surface area contributed by atoms with Crippen LogP contribution in [0.15, 0.2) is 180 Å². The molecule has 0 spiro atoms. The Morgan fingerprint density at radius 3 is 1.73 bits per heavy atom. The molecule has 0 amide bonds. The Morgan fingerprint density at radius 2 is 0.959 bits per heavy atom. The highest BCUT2D eigenvalue weighted by Crippen LogP contribution is 2.38. The van der Waals surface area contributed by atoms with Gasteiger partial charge in [0, 0.05) is 39.2 Å². The first-order valence-corrected chi connectivity index (χ1v) is 16.3. The Labute approximate surface area is 284 Å². The van der Waals surface area contributed by atoms with Crippen LogP contribution in [0.3, 0.4) is 0 Å². The predicted molar refractivity (Wildman–Crippen MR) is 200 cm³/mol. The highest BCUT2D eigenvalue weighted by molar-refractivity contribution is 6.06. The average Bonchev–Trinajstić information content (AvgIpc) is 3.57. The van der Waals surface area contributed by atoms with Crippen LogP contribution in [-0.2, 0) is 0 Å². The van der Waals surface area contributed by atoms with Gasteiger partial charge < -0.3 is 4.42 Å². The van der Waals surface area contributed by atoms with E-state index in [1.54, 1.807) is 0 Å². The molecule has 0 N–H and O–H groups in total. The van der Waals surface area contributed by atoms with Gasteiger partial charge in [0.15, 0.2) is 5.82 Å². The Hall–Kier alpha value is -6.65. The van der Waals surface area contributed by atoms with Gasteiger partial charge in [-0.1, -0.05) is 115 Å². The lowest BCUT2D eigenvalue weighted by Gasteiger charge is -2.14. The topological polar surface area (TPSA) is 51.8 Å². The number of nitrogens with zero attached hydrogens (tertiary/aromatic N) is 3. The van der Waals surface area contributed by atoms with Crippen molar-refractivity contribution in [1.82, 2.24) is 15.0 Å². The number of para-hydroxylation sites is 1. The fraction of sp³-hybridized carbons (Fsp3) is 0. The molecular formula is C45H29N3O. The van der Waals surface area contributed by atoms with Crippen molar-refractivity contribution in [3.8, 4) is 67.4 Å². The van der Waals surface area contributed by atoms with Crippen LogP contribution in [0.2, 0.25) is 0 Å². The summed E-state index contributed by atoms with van der Waals surface area (Å²) in [7, 11) is 0. The predicted octanol–water partition coefficient (Wildman–Crippen LogP) is 11.8. The summed E-state index contributed by atoms with van der Waals surface area (Å²) in [5.41, 5.74) is 12.7. The summed E-state index contributed by atoms with van der Waals surface area (Å²) in [6, 6.07) is 58.5. The minimum Gasteiger partial charge on any atom is -0.456 e. The maximum absolute atomic E-state index is 6.16. The lowest BCUT2D eigenvalue weighted by Crippen LogP contribution is -1.98. The fourth-order valence-corrected chi connectivity index (χ4v) is 6.54. The van der Waals surface area contributed by atoms with E-state index in [1.165, 1.54) is 0 Å². The molecule has 6 aromatic carbocycles. The van der Waals surface area contributed by atoms with E-state index in [0.29, 0.717) is 5.82 Å². The number of aromatic nitrogens is 3. The first kappa shape index (κ1) is 28.6. The number of furan rings is 1. The molecular weight excluding hydrogens is 599 g/mol. The van der Waals surface area contributed by atoms with E-state index in [0.717, 1.165) is 83.5 Å². The molecule has 0 unspecified atom stereocenters. The minimum absolute atomic E-state index is 0.649. The van der Waals surface area contributed by atoms with Crippen LogP contribution in [0, 0.1) is 0 Å². The summed E-state index contributed by atoms with van der Waals surface area (Å²) in [4.78, 5) is 15.1. The molecule has 9 aromatic rings. The third-order valence-electron chi connectivity index (χ3n) is 8.95. The first-order chi connectivity index (χ1) is 24.3. The van der Waals surface area contributed by atoms with Crippen LogP contribution in [0.4, 0.5) is 0 Å². The van der Waals surface area contributed by atoms with Gasteiger partial charge in [-0.2, -0.15) is 0 Å². The number of rotatable bonds is 6. The zero-order chi connectivity index (χ0) is 32.6. The van der Waals surface area contributed by atoms with Crippen molar-refractivity contribution in [2.24, 2.45) is 0 Å². The minimum atomic E-state index is 0.649. The summed E-state index contributed by atoms with van der Waals surface area (Å²) in [5.74, 6) is 0.649. The number of pyridine rings is 1. The number of hydrogen-bond acceptors (Lipinski definition) is 4. The molecule has 0 atom stereocenters. The normalized spacial score (nSPS) is 11.3. The van der Waals surface area contributed by atoms with Crippen molar-refractivity contribution in [3.63, 3.8) is 0 Å². The maximum Gasteiger partial charge on any atom is 0.161 e. The second kappa shape index (κ2) is 12.2. The van der Waals surface area contributed by atoms with Crippen molar-refractivity contribution in [3.05, 3.63) is 176 Å². The van der Waals surface area contributed by atoms with Crippen molar-refractivity contribution < 1.29 is 4.42 Å². The smallest absolute Gasteiger partial charge is 0.161 e. The van der Waals surface area contributed by atoms with Gasteiger partial charge in [0.25, 0.3) is 0 Å². The Balaban J connectivity index is 1.27. The Kier molecular flexibility index (Phi) is 7.10. The fourth-order valence-electron chi connectivity index (χ4n) is 6.54. The summed E-state index contributed by atoms with van der Waals surface area (Å²) < 4.78 is 6.16. The second-order valence-electron chi connectivity index (χ2n) is 12.1. The molecule has 4 heteroatoms. The van der Waals surface area contributed by atoms with Crippen molar-refractivity contribution in [2.45, 2.75) is 0 Å². The lowest BCUT2D eigenvalue weighted by molar-refractivity contribution is 0.669. The van der Waals surface area contributed by atoms with Crippen LogP contribution in [0.25, 0.3) is 89.4 Å². The summed E-state index contributed by atoms with van der Waals surface area (Å²) in [5, 5.41) is 2.21. The average molecular weight is 628 g/mol. The quantitative estimate of drug-likeness (QED) is 0.184. The third kappa shape index (κ3) is 5.45. The van der Waals surface area contributed by atoms with Crippen molar-refractivity contribution in [1.29, 1.82) is 0 Å². The molecule has 230 valence electrons. The molecule has 0 aliphatic heterocycles. The van der Waals surface area contributed by atoms with Gasteiger partial charge in [0.05, 0.1) is 17.1 Å². The van der Waals surface area contributed by atoms with Gasteiger partial charge in [-0.25, -0.2) is 9.97 Å². The molecule has 0 aliphatic rings. The zero-order valence-electron chi connectivity index (χ0n) is 26.5. The van der Waals surface area contributed by atoms with Gasteiger partial charge in [0.2, 0.25) is 0 Å². The summed E-state index contributed by atoms with van der Waals surface area (Å²) in [6.07, 6.45) is 1.82. The van der Waals surface area contributed by atoms with Gasteiger partial charge in [-0.3, -0.25) is 4.98 Å². The SMILES string of the molecule is c1ccc(-c2cc(-c3ccc4oc5ccccc5c4c3)cc(-c3cc(-c4ccccc4)nc(-c4ccccc4-c4ccccn4)n3)c2)cc1. The Bertz CT molecular complexity index is 2590. The molecule has 4 nitrogen and oxygen atoms in total. The Morgan fingerprint density at radius 1 is 0.347 bits per heavy atom. The first-order valence-electron chi connectivity index (χ1n) is 16.3. The van der Waals surface area contributed by atoms with Crippen LogP contribution in [-0.4, -0.2) is 15.0 Å². The van der Waals surface area contributed by atoms with E-state index in [1.807, 2.05) is 72.9 Å². The highest BCUT2D eigenvalue weighted by atomic mass is 16.3. The number of hydrogen-bond donors (Lipinski definition) is 0. The standard InChI is InChI=1S/C45H29N3O/c1-3-13-30(14-4-1)33-25-34(32-22-23-44-39(28-32)37-18-9-10-21-43(37)49-44)27-35(26-33)42-29-41(31-15-5-2-6-16-31)47-45(48-42)38-19-8-7-17-36(38)40-20-11-12-24-46-40/h1-29H. The number of benzene rings is 6.